The predicted molar refractivity (Wildman–Crippen MR) is 73.5 cm³/mol. The number of aromatic nitrogens is 2. The average Bonchev–Trinajstić information content (AvgIpc) is 2.64. The molecule has 0 saturated carbocycles. The molecule has 4 heteroatoms. The quantitative estimate of drug-likeness (QED) is 0.877. The Morgan fingerprint density at radius 2 is 2.11 bits per heavy atom. The van der Waals surface area contributed by atoms with Gasteiger partial charge in [0.15, 0.2) is 0 Å². The van der Waals surface area contributed by atoms with E-state index in [1.54, 1.807) is 7.11 Å². The van der Waals surface area contributed by atoms with Gasteiger partial charge in [-0.1, -0.05) is 12.1 Å². The van der Waals surface area contributed by atoms with Crippen LogP contribution in [-0.4, -0.2) is 28.8 Å². The minimum atomic E-state index is -0.287. The maximum atomic E-state index is 6.29. The van der Waals surface area contributed by atoms with Crippen LogP contribution in [0.1, 0.15) is 19.2 Å². The van der Waals surface area contributed by atoms with Crippen molar-refractivity contribution in [1.29, 1.82) is 0 Å². The molecule has 0 amide bonds. The van der Waals surface area contributed by atoms with Crippen LogP contribution in [0.15, 0.2) is 24.3 Å². The summed E-state index contributed by atoms with van der Waals surface area (Å²) in [5, 5.41) is 0. The van der Waals surface area contributed by atoms with Crippen molar-refractivity contribution in [1.82, 2.24) is 9.55 Å². The normalized spacial score (nSPS) is 14.9. The Kier molecular flexibility index (Phi) is 3.68. The topological polar surface area (TPSA) is 53.1 Å². The van der Waals surface area contributed by atoms with Crippen molar-refractivity contribution < 1.29 is 4.74 Å². The molecule has 2 N–H and O–H groups in total. The Balaban J connectivity index is 2.23. The van der Waals surface area contributed by atoms with Gasteiger partial charge in [0.1, 0.15) is 5.82 Å². The van der Waals surface area contributed by atoms with Crippen molar-refractivity contribution >= 4 is 11.0 Å². The zero-order valence-corrected chi connectivity index (χ0v) is 11.3. The lowest BCUT2D eigenvalue weighted by Crippen LogP contribution is -2.40. The predicted octanol–water partition coefficient (Wildman–Crippen LogP) is 1.87. The number of rotatable bonds is 5. The first-order valence-corrected chi connectivity index (χ1v) is 6.22. The van der Waals surface area contributed by atoms with Crippen LogP contribution in [-0.2, 0) is 18.2 Å². The molecule has 1 aromatic heterocycles. The number of ether oxygens (including phenoxy) is 1. The first kappa shape index (κ1) is 13.1. The average molecular weight is 247 g/mol. The molecule has 98 valence electrons. The molecule has 0 aliphatic rings. The Hall–Kier alpha value is -1.39. The van der Waals surface area contributed by atoms with Gasteiger partial charge in [-0.15, -0.1) is 0 Å². The van der Waals surface area contributed by atoms with Crippen molar-refractivity contribution in [3.05, 3.63) is 30.1 Å². The number of hydrogen-bond acceptors (Lipinski definition) is 3. The van der Waals surface area contributed by atoms with Crippen molar-refractivity contribution in [3.8, 4) is 0 Å². The molecule has 4 nitrogen and oxygen atoms in total. The van der Waals surface area contributed by atoms with Crippen LogP contribution in [0.25, 0.3) is 11.0 Å². The van der Waals surface area contributed by atoms with Gasteiger partial charge >= 0.3 is 0 Å². The maximum Gasteiger partial charge on any atom is 0.111 e. The van der Waals surface area contributed by atoms with Gasteiger partial charge in [-0.2, -0.15) is 0 Å². The summed E-state index contributed by atoms with van der Waals surface area (Å²) in [6.07, 6.45) is 1.58. The number of methoxy groups -OCH3 is 1. The fraction of sp³-hybridized carbons (Fsp3) is 0.500. The van der Waals surface area contributed by atoms with Crippen molar-refractivity contribution in [2.24, 2.45) is 12.8 Å². The number of para-hydroxylation sites is 2. The highest BCUT2D eigenvalue weighted by atomic mass is 16.5. The minimum Gasteiger partial charge on any atom is -0.385 e. The van der Waals surface area contributed by atoms with Gasteiger partial charge in [0.25, 0.3) is 0 Å². The van der Waals surface area contributed by atoms with E-state index in [4.69, 9.17) is 10.5 Å². The summed E-state index contributed by atoms with van der Waals surface area (Å²) in [6, 6.07) is 8.14. The van der Waals surface area contributed by atoms with Crippen molar-refractivity contribution in [2.75, 3.05) is 13.7 Å². The molecule has 1 atom stereocenters. The summed E-state index contributed by atoms with van der Waals surface area (Å²) in [5.74, 6) is 1.03. The number of imidazole rings is 1. The first-order chi connectivity index (χ1) is 8.53. The Bertz CT molecular complexity index is 531. The van der Waals surface area contributed by atoms with E-state index in [2.05, 4.69) is 15.6 Å². The van der Waals surface area contributed by atoms with Gasteiger partial charge in [-0.05, 0) is 25.5 Å². The molecular weight excluding hydrogens is 226 g/mol. The molecule has 1 aromatic carbocycles. The van der Waals surface area contributed by atoms with Crippen LogP contribution >= 0.6 is 0 Å². The number of benzene rings is 1. The fourth-order valence-corrected chi connectivity index (χ4v) is 2.14. The van der Waals surface area contributed by atoms with E-state index in [9.17, 15) is 0 Å². The summed E-state index contributed by atoms with van der Waals surface area (Å²) in [6.45, 7) is 2.72. The van der Waals surface area contributed by atoms with Crippen LogP contribution in [0.5, 0.6) is 0 Å². The highest BCUT2D eigenvalue weighted by Crippen LogP contribution is 2.19. The lowest BCUT2D eigenvalue weighted by atomic mass is 9.95. The molecule has 2 aromatic rings. The number of nitrogens with two attached hydrogens (primary N) is 1. The van der Waals surface area contributed by atoms with E-state index in [0.717, 1.165) is 29.7 Å². The highest BCUT2D eigenvalue weighted by molar-refractivity contribution is 5.75. The van der Waals surface area contributed by atoms with Crippen molar-refractivity contribution in [2.45, 2.75) is 25.3 Å². The molecule has 0 fully saturated rings. The first-order valence-electron chi connectivity index (χ1n) is 6.22. The number of aryl methyl sites for hydroxylation is 1. The summed E-state index contributed by atoms with van der Waals surface area (Å²) >= 11 is 0. The SMILES string of the molecule is COCCC(C)(N)Cc1nc2ccccc2n1C. The van der Waals surface area contributed by atoms with Gasteiger partial charge in [-0.3, -0.25) is 0 Å². The summed E-state index contributed by atoms with van der Waals surface area (Å²) in [5.41, 5.74) is 8.18. The van der Waals surface area contributed by atoms with E-state index in [1.807, 2.05) is 32.2 Å². The number of fused-ring (bicyclic) bond motifs is 1. The van der Waals surface area contributed by atoms with Gasteiger partial charge in [-0.25, -0.2) is 4.98 Å². The van der Waals surface area contributed by atoms with Crippen LogP contribution in [0.2, 0.25) is 0 Å². The molecule has 1 heterocycles. The zero-order valence-electron chi connectivity index (χ0n) is 11.3. The Morgan fingerprint density at radius 1 is 1.39 bits per heavy atom. The van der Waals surface area contributed by atoms with Crippen LogP contribution in [0, 0.1) is 0 Å². The molecule has 0 spiro atoms. The third kappa shape index (κ3) is 2.71. The Morgan fingerprint density at radius 3 is 2.78 bits per heavy atom. The van der Waals surface area contributed by atoms with Gasteiger partial charge < -0.3 is 15.0 Å². The smallest absolute Gasteiger partial charge is 0.111 e. The number of hydrogen-bond donors (Lipinski definition) is 1. The maximum absolute atomic E-state index is 6.29. The van der Waals surface area contributed by atoms with Gasteiger partial charge in [0.2, 0.25) is 0 Å². The summed E-state index contributed by atoms with van der Waals surface area (Å²) in [4.78, 5) is 4.65. The molecule has 0 aliphatic heterocycles. The third-order valence-electron chi connectivity index (χ3n) is 3.32. The minimum absolute atomic E-state index is 0.287. The standard InChI is InChI=1S/C14H21N3O/c1-14(15,8-9-18-3)10-13-16-11-6-4-5-7-12(11)17(13)2/h4-7H,8-10,15H2,1-3H3. The largest absolute Gasteiger partial charge is 0.385 e. The Labute approximate surface area is 108 Å². The second-order valence-electron chi connectivity index (χ2n) is 5.15. The van der Waals surface area contributed by atoms with E-state index in [1.165, 1.54) is 0 Å². The third-order valence-corrected chi connectivity index (χ3v) is 3.32. The summed E-state index contributed by atoms with van der Waals surface area (Å²) < 4.78 is 7.22. The van der Waals surface area contributed by atoms with E-state index >= 15 is 0 Å². The second kappa shape index (κ2) is 5.08. The molecule has 0 aliphatic carbocycles. The van der Waals surface area contributed by atoms with Crippen LogP contribution in [0.4, 0.5) is 0 Å². The van der Waals surface area contributed by atoms with E-state index in [0.29, 0.717) is 6.61 Å². The molecular formula is C14H21N3O. The molecule has 18 heavy (non-hydrogen) atoms. The van der Waals surface area contributed by atoms with Crippen LogP contribution in [0.3, 0.4) is 0 Å². The van der Waals surface area contributed by atoms with E-state index < -0.39 is 0 Å². The number of nitrogens with zero attached hydrogens (tertiary/aromatic N) is 2. The van der Waals surface area contributed by atoms with Gasteiger partial charge in [0.05, 0.1) is 11.0 Å². The van der Waals surface area contributed by atoms with Gasteiger partial charge in [0, 0.05) is 32.7 Å². The monoisotopic (exact) mass is 247 g/mol. The van der Waals surface area contributed by atoms with Crippen LogP contribution < -0.4 is 5.73 Å². The molecule has 1 unspecified atom stereocenters. The lowest BCUT2D eigenvalue weighted by molar-refractivity contribution is 0.171. The lowest BCUT2D eigenvalue weighted by Gasteiger charge is -2.23. The van der Waals surface area contributed by atoms with E-state index in [-0.39, 0.29) is 5.54 Å². The zero-order chi connectivity index (χ0) is 13.2. The second-order valence-corrected chi connectivity index (χ2v) is 5.15. The molecule has 0 saturated heterocycles. The molecule has 0 bridgehead atoms. The highest BCUT2D eigenvalue weighted by Gasteiger charge is 2.22. The fourth-order valence-electron chi connectivity index (χ4n) is 2.14. The van der Waals surface area contributed by atoms with Crippen molar-refractivity contribution in [3.63, 3.8) is 0 Å². The summed E-state index contributed by atoms with van der Waals surface area (Å²) in [7, 11) is 3.74. The molecule has 2 rings (SSSR count). The molecule has 0 radical (unpaired) electrons.